The van der Waals surface area contributed by atoms with Gasteiger partial charge in [-0.25, -0.2) is 0 Å². The summed E-state index contributed by atoms with van der Waals surface area (Å²) < 4.78 is 5.25. The maximum atomic E-state index is 11.0. The van der Waals surface area contributed by atoms with Crippen LogP contribution in [0, 0.1) is 0 Å². The predicted molar refractivity (Wildman–Crippen MR) is 53.9 cm³/mol. The lowest BCUT2D eigenvalue weighted by atomic mass is 9.99. The van der Waals surface area contributed by atoms with Crippen molar-refractivity contribution >= 4 is 5.97 Å². The minimum absolute atomic E-state index is 0.00125. The van der Waals surface area contributed by atoms with Gasteiger partial charge in [-0.05, 0) is 24.0 Å². The van der Waals surface area contributed by atoms with Gasteiger partial charge in [0.2, 0.25) is 0 Å². The molecular formula is C12H14O2. The first-order chi connectivity index (χ1) is 6.81. The second kappa shape index (κ2) is 3.82. The Morgan fingerprint density at radius 1 is 1.43 bits per heavy atom. The second-order valence-electron chi connectivity index (χ2n) is 3.57. The van der Waals surface area contributed by atoms with E-state index < -0.39 is 0 Å². The Bertz CT molecular complexity index is 344. The zero-order chi connectivity index (χ0) is 9.97. The van der Waals surface area contributed by atoms with E-state index in [1.165, 1.54) is 11.1 Å². The molecule has 1 saturated heterocycles. The summed E-state index contributed by atoms with van der Waals surface area (Å²) in [7, 11) is 0. The smallest absolute Gasteiger partial charge is 0.306 e. The molecule has 1 unspecified atom stereocenters. The van der Waals surface area contributed by atoms with E-state index in [4.69, 9.17) is 4.74 Å². The van der Waals surface area contributed by atoms with Gasteiger partial charge >= 0.3 is 5.97 Å². The molecule has 1 atom stereocenters. The fourth-order valence-electron chi connectivity index (χ4n) is 1.91. The SMILES string of the molecule is CCc1ccccc1C1CCC(=O)O1. The standard InChI is InChI=1S/C12H14O2/c1-2-9-5-3-4-6-10(9)11-7-8-12(13)14-11/h3-6,11H,2,7-8H2,1H3. The molecule has 1 aromatic carbocycles. The van der Waals surface area contributed by atoms with Crippen LogP contribution in [-0.2, 0) is 16.0 Å². The first-order valence-electron chi connectivity index (χ1n) is 5.08. The number of hydrogen-bond donors (Lipinski definition) is 0. The Labute approximate surface area is 83.9 Å². The maximum absolute atomic E-state index is 11.0. The van der Waals surface area contributed by atoms with E-state index in [1.807, 2.05) is 12.1 Å². The van der Waals surface area contributed by atoms with Crippen molar-refractivity contribution < 1.29 is 9.53 Å². The Hall–Kier alpha value is -1.31. The van der Waals surface area contributed by atoms with E-state index in [2.05, 4.69) is 19.1 Å². The van der Waals surface area contributed by atoms with Gasteiger partial charge in [0.05, 0.1) is 0 Å². The molecule has 2 rings (SSSR count). The molecule has 0 bridgehead atoms. The molecule has 0 aromatic heterocycles. The third-order valence-corrected chi connectivity index (χ3v) is 2.67. The normalized spacial score (nSPS) is 20.9. The molecule has 1 heterocycles. The number of hydrogen-bond acceptors (Lipinski definition) is 2. The third kappa shape index (κ3) is 1.65. The molecule has 1 fully saturated rings. The van der Waals surface area contributed by atoms with Crippen LogP contribution in [0.5, 0.6) is 0 Å². The number of esters is 1. The largest absolute Gasteiger partial charge is 0.457 e. The summed E-state index contributed by atoms with van der Waals surface area (Å²) in [6, 6.07) is 8.18. The second-order valence-corrected chi connectivity index (χ2v) is 3.57. The van der Waals surface area contributed by atoms with E-state index in [1.54, 1.807) is 0 Å². The van der Waals surface area contributed by atoms with Crippen LogP contribution in [0.25, 0.3) is 0 Å². The monoisotopic (exact) mass is 190 g/mol. The summed E-state index contributed by atoms with van der Waals surface area (Å²) in [6.07, 6.45) is 2.38. The summed E-state index contributed by atoms with van der Waals surface area (Å²) >= 11 is 0. The zero-order valence-corrected chi connectivity index (χ0v) is 8.32. The van der Waals surface area contributed by atoms with Crippen molar-refractivity contribution in [3.8, 4) is 0 Å². The minimum Gasteiger partial charge on any atom is -0.457 e. The highest BCUT2D eigenvalue weighted by Crippen LogP contribution is 2.31. The van der Waals surface area contributed by atoms with Crippen LogP contribution >= 0.6 is 0 Å². The van der Waals surface area contributed by atoms with Crippen LogP contribution in [0.15, 0.2) is 24.3 Å². The Morgan fingerprint density at radius 3 is 2.86 bits per heavy atom. The van der Waals surface area contributed by atoms with Gasteiger partial charge in [-0.15, -0.1) is 0 Å². The first-order valence-corrected chi connectivity index (χ1v) is 5.08. The van der Waals surface area contributed by atoms with Gasteiger partial charge in [0.1, 0.15) is 6.10 Å². The summed E-state index contributed by atoms with van der Waals surface area (Å²) in [5.41, 5.74) is 2.47. The summed E-state index contributed by atoms with van der Waals surface area (Å²) in [5, 5.41) is 0. The van der Waals surface area contributed by atoms with Crippen molar-refractivity contribution in [1.29, 1.82) is 0 Å². The molecule has 1 aromatic rings. The van der Waals surface area contributed by atoms with Crippen molar-refractivity contribution in [2.45, 2.75) is 32.3 Å². The van der Waals surface area contributed by atoms with E-state index >= 15 is 0 Å². The molecule has 14 heavy (non-hydrogen) atoms. The average molecular weight is 190 g/mol. The maximum Gasteiger partial charge on any atom is 0.306 e. The van der Waals surface area contributed by atoms with Crippen molar-refractivity contribution in [1.82, 2.24) is 0 Å². The molecule has 0 spiro atoms. The number of carbonyl (C=O) groups excluding carboxylic acids is 1. The zero-order valence-electron chi connectivity index (χ0n) is 8.32. The lowest BCUT2D eigenvalue weighted by Gasteiger charge is -2.13. The highest BCUT2D eigenvalue weighted by molar-refractivity contribution is 5.71. The van der Waals surface area contributed by atoms with Crippen molar-refractivity contribution in [3.05, 3.63) is 35.4 Å². The van der Waals surface area contributed by atoms with E-state index in [0.29, 0.717) is 6.42 Å². The number of ether oxygens (including phenoxy) is 1. The van der Waals surface area contributed by atoms with Gasteiger partial charge in [0.15, 0.2) is 0 Å². The molecule has 0 amide bonds. The average Bonchev–Trinajstić information content (AvgIpc) is 2.65. The highest BCUT2D eigenvalue weighted by Gasteiger charge is 2.25. The van der Waals surface area contributed by atoms with Gasteiger partial charge in [-0.3, -0.25) is 4.79 Å². The van der Waals surface area contributed by atoms with Crippen LogP contribution in [0.4, 0.5) is 0 Å². The molecule has 2 nitrogen and oxygen atoms in total. The van der Waals surface area contributed by atoms with Crippen molar-refractivity contribution in [2.24, 2.45) is 0 Å². The Kier molecular flexibility index (Phi) is 2.53. The van der Waals surface area contributed by atoms with Gasteiger partial charge in [0, 0.05) is 6.42 Å². The van der Waals surface area contributed by atoms with Crippen LogP contribution in [0.1, 0.15) is 37.0 Å². The number of cyclic esters (lactones) is 1. The lowest BCUT2D eigenvalue weighted by Crippen LogP contribution is -2.01. The molecule has 2 heteroatoms. The molecule has 0 saturated carbocycles. The third-order valence-electron chi connectivity index (χ3n) is 2.67. The van der Waals surface area contributed by atoms with E-state index in [9.17, 15) is 4.79 Å². The molecule has 1 aliphatic rings. The fraction of sp³-hybridized carbons (Fsp3) is 0.417. The van der Waals surface area contributed by atoms with Gasteiger partial charge in [0.25, 0.3) is 0 Å². The molecule has 0 N–H and O–H groups in total. The number of benzene rings is 1. The number of carbonyl (C=O) groups is 1. The molecule has 0 aliphatic carbocycles. The Morgan fingerprint density at radius 2 is 2.21 bits per heavy atom. The van der Waals surface area contributed by atoms with Gasteiger partial charge in [-0.1, -0.05) is 31.2 Å². The molecule has 1 aliphatic heterocycles. The van der Waals surface area contributed by atoms with Gasteiger partial charge in [-0.2, -0.15) is 0 Å². The van der Waals surface area contributed by atoms with E-state index in [0.717, 1.165) is 12.8 Å². The first kappa shape index (κ1) is 9.25. The lowest BCUT2D eigenvalue weighted by molar-refractivity contribution is -0.141. The van der Waals surface area contributed by atoms with Gasteiger partial charge < -0.3 is 4.74 Å². The summed E-state index contributed by atoms with van der Waals surface area (Å²) in [4.78, 5) is 11.0. The van der Waals surface area contributed by atoms with Crippen LogP contribution in [0.2, 0.25) is 0 Å². The number of aryl methyl sites for hydroxylation is 1. The predicted octanol–water partition coefficient (Wildman–Crippen LogP) is 2.63. The molecular weight excluding hydrogens is 176 g/mol. The van der Waals surface area contributed by atoms with E-state index in [-0.39, 0.29) is 12.1 Å². The summed E-state index contributed by atoms with van der Waals surface area (Å²) in [5.74, 6) is -0.0686. The fourth-order valence-corrected chi connectivity index (χ4v) is 1.91. The van der Waals surface area contributed by atoms with Crippen LogP contribution < -0.4 is 0 Å². The Balaban J connectivity index is 2.27. The minimum atomic E-state index is -0.0686. The summed E-state index contributed by atoms with van der Waals surface area (Å²) in [6.45, 7) is 2.12. The molecule has 74 valence electrons. The van der Waals surface area contributed by atoms with Crippen LogP contribution in [0.3, 0.4) is 0 Å². The highest BCUT2D eigenvalue weighted by atomic mass is 16.5. The number of rotatable bonds is 2. The van der Waals surface area contributed by atoms with Crippen molar-refractivity contribution in [2.75, 3.05) is 0 Å². The van der Waals surface area contributed by atoms with Crippen LogP contribution in [-0.4, -0.2) is 5.97 Å². The van der Waals surface area contributed by atoms with Crippen molar-refractivity contribution in [3.63, 3.8) is 0 Å². The quantitative estimate of drug-likeness (QED) is 0.670. The molecule has 0 radical (unpaired) electrons. The topological polar surface area (TPSA) is 26.3 Å².